The summed E-state index contributed by atoms with van der Waals surface area (Å²) < 4.78 is 17.3. The Morgan fingerprint density at radius 2 is 1.81 bits per heavy atom. The first kappa shape index (κ1) is 34.1. The number of piperidine rings is 1. The molecular weight excluding hydrogens is 544 g/mol. The maximum absolute atomic E-state index is 12.5. The zero-order valence-corrected chi connectivity index (χ0v) is 26.3. The first-order chi connectivity index (χ1) is 20.6. The van der Waals surface area contributed by atoms with Gasteiger partial charge in [-0.3, -0.25) is 0 Å². The molecule has 1 spiro atoms. The van der Waals surface area contributed by atoms with Crippen molar-refractivity contribution in [1.29, 1.82) is 0 Å². The largest absolute Gasteiger partial charge is 0.482 e. The zero-order valence-electron chi connectivity index (χ0n) is 26.3. The van der Waals surface area contributed by atoms with Crippen LogP contribution in [-0.2, 0) is 16.0 Å². The van der Waals surface area contributed by atoms with Gasteiger partial charge >= 0.3 is 6.09 Å². The third kappa shape index (κ3) is 10.4. The smallest absolute Gasteiger partial charge is 0.410 e. The minimum atomic E-state index is -0.492. The molecule has 3 aliphatic rings. The van der Waals surface area contributed by atoms with E-state index in [1.807, 2.05) is 56.6 Å². The van der Waals surface area contributed by atoms with Crippen LogP contribution in [0.3, 0.4) is 0 Å². The number of hydrogen-bond donors (Lipinski definition) is 3. The molecule has 5 N–H and O–H groups in total. The van der Waals surface area contributed by atoms with Crippen molar-refractivity contribution in [3.63, 3.8) is 0 Å². The van der Waals surface area contributed by atoms with Gasteiger partial charge in [0.15, 0.2) is 0 Å². The molecule has 43 heavy (non-hydrogen) atoms. The number of rotatable bonds is 4. The van der Waals surface area contributed by atoms with E-state index in [-0.39, 0.29) is 6.09 Å². The summed E-state index contributed by atoms with van der Waals surface area (Å²) in [6.07, 6.45) is 4.64. The minimum absolute atomic E-state index is 0.256. The highest BCUT2D eigenvalue weighted by Crippen LogP contribution is 2.43. The summed E-state index contributed by atoms with van der Waals surface area (Å²) in [5, 5.41) is 3.01. The number of para-hydroxylation sites is 1. The molecule has 2 aromatic rings. The summed E-state index contributed by atoms with van der Waals surface area (Å²) in [4.78, 5) is 16.7. The molecule has 0 aliphatic carbocycles. The van der Waals surface area contributed by atoms with E-state index in [1.54, 1.807) is 4.90 Å². The summed E-state index contributed by atoms with van der Waals surface area (Å²) in [7, 11) is 0. The lowest BCUT2D eigenvalue weighted by Gasteiger charge is -2.43. The number of ether oxygens (including phenoxy) is 3. The minimum Gasteiger partial charge on any atom is -0.482 e. The SMILES string of the molecule is C=NNN.CC(C)(C)OC(=O)N1CCC2(C=C(c3cccc(CN)c3)c3ccccc3O2)CC1.CCN1CCCOCC1. The average Bonchev–Trinajstić information content (AvgIpc) is 3.30. The Hall–Kier alpha value is -3.44. The molecular formula is C33H50N6O4. The van der Waals surface area contributed by atoms with Crippen LogP contribution in [0.15, 0.2) is 59.7 Å². The Labute approximate surface area is 257 Å². The fourth-order valence-corrected chi connectivity index (χ4v) is 5.23. The van der Waals surface area contributed by atoms with Crippen LogP contribution in [0.25, 0.3) is 5.57 Å². The summed E-state index contributed by atoms with van der Waals surface area (Å²) >= 11 is 0. The molecule has 0 radical (unpaired) electrons. The van der Waals surface area contributed by atoms with Crippen LogP contribution >= 0.6 is 0 Å². The summed E-state index contributed by atoms with van der Waals surface area (Å²) in [5.74, 6) is 5.44. The molecule has 5 rings (SSSR count). The Balaban J connectivity index is 0.000000324. The van der Waals surface area contributed by atoms with Gasteiger partial charge in [0.1, 0.15) is 17.0 Å². The van der Waals surface area contributed by atoms with Gasteiger partial charge in [-0.05, 0) is 68.6 Å². The van der Waals surface area contributed by atoms with Crippen molar-refractivity contribution in [3.8, 4) is 5.75 Å². The van der Waals surface area contributed by atoms with Gasteiger partial charge in [0.05, 0.1) is 6.61 Å². The number of amides is 1. The topological polar surface area (TPSA) is 128 Å². The molecule has 10 nitrogen and oxygen atoms in total. The molecule has 2 aromatic carbocycles. The Bertz CT molecular complexity index is 1200. The lowest BCUT2D eigenvalue weighted by molar-refractivity contribution is -0.00116. The number of hydrazine groups is 1. The molecule has 2 saturated heterocycles. The lowest BCUT2D eigenvalue weighted by atomic mass is 9.82. The van der Waals surface area contributed by atoms with E-state index >= 15 is 0 Å². The number of benzene rings is 2. The zero-order chi connectivity index (χ0) is 31.3. The van der Waals surface area contributed by atoms with E-state index in [9.17, 15) is 4.79 Å². The first-order valence-corrected chi connectivity index (χ1v) is 15.1. The number of nitrogens with two attached hydrogens (primary N) is 2. The number of nitrogens with zero attached hydrogens (tertiary/aromatic N) is 3. The van der Waals surface area contributed by atoms with Crippen molar-refractivity contribution in [2.75, 3.05) is 45.9 Å². The first-order valence-electron chi connectivity index (χ1n) is 15.1. The van der Waals surface area contributed by atoms with Crippen LogP contribution in [0.4, 0.5) is 4.79 Å². The molecule has 0 aromatic heterocycles. The van der Waals surface area contributed by atoms with Crippen molar-refractivity contribution < 1.29 is 19.0 Å². The van der Waals surface area contributed by atoms with Gasteiger partial charge in [-0.1, -0.05) is 43.3 Å². The second-order valence-electron chi connectivity index (χ2n) is 11.8. The number of likely N-dealkylation sites (tertiary alicyclic amines) is 1. The highest BCUT2D eigenvalue weighted by Gasteiger charge is 2.40. The maximum Gasteiger partial charge on any atom is 0.410 e. The van der Waals surface area contributed by atoms with Gasteiger partial charge in [0.25, 0.3) is 0 Å². The predicted molar refractivity (Wildman–Crippen MR) is 173 cm³/mol. The molecule has 0 saturated carbocycles. The van der Waals surface area contributed by atoms with Crippen LogP contribution in [0, 0.1) is 0 Å². The monoisotopic (exact) mass is 594 g/mol. The van der Waals surface area contributed by atoms with E-state index in [2.05, 4.69) is 53.8 Å². The highest BCUT2D eigenvalue weighted by atomic mass is 16.6. The van der Waals surface area contributed by atoms with Gasteiger partial charge < -0.3 is 29.7 Å². The fourth-order valence-electron chi connectivity index (χ4n) is 5.23. The molecule has 10 heteroatoms. The molecule has 0 unspecified atom stereocenters. The molecule has 2 fully saturated rings. The van der Waals surface area contributed by atoms with Crippen molar-refractivity contribution in [3.05, 3.63) is 71.3 Å². The molecule has 0 bridgehead atoms. The van der Waals surface area contributed by atoms with E-state index < -0.39 is 11.2 Å². The number of likely N-dealkylation sites (N-methyl/N-ethyl adjacent to an activating group) is 1. The fraction of sp³-hybridized carbons (Fsp3) is 0.515. The second-order valence-corrected chi connectivity index (χ2v) is 11.8. The third-order valence-electron chi connectivity index (χ3n) is 7.49. The molecule has 236 valence electrons. The highest BCUT2D eigenvalue weighted by molar-refractivity contribution is 5.85. The van der Waals surface area contributed by atoms with Gasteiger partial charge in [-0.25, -0.2) is 16.2 Å². The predicted octanol–water partition coefficient (Wildman–Crippen LogP) is 4.53. The van der Waals surface area contributed by atoms with Crippen LogP contribution in [-0.4, -0.2) is 79.8 Å². The third-order valence-corrected chi connectivity index (χ3v) is 7.49. The van der Waals surface area contributed by atoms with Crippen molar-refractivity contribution in [2.45, 2.75) is 64.7 Å². The number of carbonyl (C=O) groups excluding carboxylic acids is 1. The number of fused-ring (bicyclic) bond motifs is 1. The normalized spacial score (nSPS) is 17.8. The van der Waals surface area contributed by atoms with E-state index in [0.29, 0.717) is 19.6 Å². The average molecular weight is 595 g/mol. The van der Waals surface area contributed by atoms with E-state index in [1.165, 1.54) is 19.5 Å². The van der Waals surface area contributed by atoms with Crippen molar-refractivity contribution in [1.82, 2.24) is 15.3 Å². The molecule has 1 amide bonds. The summed E-state index contributed by atoms with van der Waals surface area (Å²) in [6, 6.07) is 16.5. The Kier molecular flexibility index (Phi) is 13.0. The van der Waals surface area contributed by atoms with Crippen LogP contribution in [0.1, 0.15) is 63.6 Å². The van der Waals surface area contributed by atoms with Gasteiger partial charge in [-0.2, -0.15) is 5.10 Å². The van der Waals surface area contributed by atoms with Crippen molar-refractivity contribution in [2.24, 2.45) is 16.7 Å². The molecule has 0 atom stereocenters. The quantitative estimate of drug-likeness (QED) is 0.268. The van der Waals surface area contributed by atoms with Gasteiger partial charge in [0.2, 0.25) is 0 Å². The number of hydrogen-bond acceptors (Lipinski definition) is 9. The number of carbonyl (C=O) groups is 1. The molecule has 3 heterocycles. The number of nitrogens with one attached hydrogen (secondary N) is 1. The standard InChI is InChI=1S/C25H30N2O3.C7H15NO.CH5N3/c1-24(2,3)30-23(28)27-13-11-25(12-14-27)16-21(19-8-6-7-18(15-19)17-26)20-9-4-5-10-22(20)29-25;1-2-8-4-3-6-9-7-5-8;1-3-4-2/h4-10,15-16H,11-14,17,26H2,1-3H3;2-7H2,1H3;4H,1-2H2. The van der Waals surface area contributed by atoms with Crippen LogP contribution < -0.4 is 21.8 Å². The van der Waals surface area contributed by atoms with E-state index in [0.717, 1.165) is 60.6 Å². The number of hydrazone groups is 1. The van der Waals surface area contributed by atoms with Crippen LogP contribution in [0.5, 0.6) is 5.75 Å². The Morgan fingerprint density at radius 1 is 1.09 bits per heavy atom. The Morgan fingerprint density at radius 3 is 2.47 bits per heavy atom. The molecule has 3 aliphatic heterocycles. The van der Waals surface area contributed by atoms with Gasteiger partial charge in [-0.15, -0.1) is 0 Å². The van der Waals surface area contributed by atoms with Crippen LogP contribution in [0.2, 0.25) is 0 Å². The van der Waals surface area contributed by atoms with Gasteiger partial charge in [0, 0.05) is 64.5 Å². The second kappa shape index (κ2) is 16.4. The van der Waals surface area contributed by atoms with E-state index in [4.69, 9.17) is 19.9 Å². The lowest BCUT2D eigenvalue weighted by Crippen LogP contribution is -2.50. The summed E-state index contributed by atoms with van der Waals surface area (Å²) in [5.41, 5.74) is 11.4. The summed E-state index contributed by atoms with van der Waals surface area (Å²) in [6.45, 7) is 18.0. The maximum atomic E-state index is 12.5. The van der Waals surface area contributed by atoms with Crippen molar-refractivity contribution >= 4 is 18.4 Å².